The Bertz CT molecular complexity index is 221. The van der Waals surface area contributed by atoms with Crippen LogP contribution >= 0.6 is 0 Å². The fourth-order valence-corrected chi connectivity index (χ4v) is 1.46. The second-order valence-electron chi connectivity index (χ2n) is 5.67. The van der Waals surface area contributed by atoms with Gasteiger partial charge in [-0.15, -0.1) is 0 Å². The molecule has 0 bridgehead atoms. The van der Waals surface area contributed by atoms with Crippen LogP contribution in [0.2, 0.25) is 0 Å². The third-order valence-electron chi connectivity index (χ3n) is 2.36. The topological polar surface area (TPSA) is 44.8 Å². The summed E-state index contributed by atoms with van der Waals surface area (Å²) >= 11 is 0. The molecule has 0 fully saturated rings. The van der Waals surface area contributed by atoms with Gasteiger partial charge in [0.05, 0.1) is 0 Å². The van der Waals surface area contributed by atoms with Gasteiger partial charge in [-0.1, -0.05) is 13.3 Å². The number of unbranched alkanes of at least 4 members (excludes halogenated alkanes) is 3. The maximum absolute atomic E-state index is 11.3. The molecule has 0 aromatic carbocycles. The molecule has 0 amide bonds. The Hall–Kier alpha value is -0.610. The summed E-state index contributed by atoms with van der Waals surface area (Å²) < 4.78 is 15.9. The van der Waals surface area contributed by atoms with Crippen LogP contribution in [0.3, 0.4) is 0 Å². The number of esters is 1. The summed E-state index contributed by atoms with van der Waals surface area (Å²) in [5.41, 5.74) is -0.434. The lowest BCUT2D eigenvalue weighted by Crippen LogP contribution is -2.26. The first-order valence-electron chi connectivity index (χ1n) is 7.33. The molecule has 0 saturated carbocycles. The molecule has 0 N–H and O–H groups in total. The molecule has 0 heterocycles. The molecule has 4 heteroatoms. The van der Waals surface area contributed by atoms with E-state index >= 15 is 0 Å². The molecule has 0 unspecified atom stereocenters. The fraction of sp³-hybridized carbons (Fsp3) is 0.933. The number of rotatable bonds is 11. The van der Waals surface area contributed by atoms with E-state index in [1.165, 1.54) is 6.42 Å². The van der Waals surface area contributed by atoms with Crippen molar-refractivity contribution in [3.63, 3.8) is 0 Å². The maximum Gasteiger partial charge on any atom is 0.332 e. The van der Waals surface area contributed by atoms with Crippen LogP contribution in [0.25, 0.3) is 0 Å². The van der Waals surface area contributed by atoms with Gasteiger partial charge in [0.2, 0.25) is 0 Å². The van der Waals surface area contributed by atoms with Crippen molar-refractivity contribution in [2.75, 3.05) is 26.4 Å². The van der Waals surface area contributed by atoms with Crippen LogP contribution in [0.15, 0.2) is 0 Å². The molecule has 0 saturated heterocycles. The summed E-state index contributed by atoms with van der Waals surface area (Å²) in [6.07, 6.45) is 5.40. The Morgan fingerprint density at radius 3 is 2.05 bits per heavy atom. The van der Waals surface area contributed by atoms with Gasteiger partial charge in [0, 0.05) is 19.8 Å². The predicted octanol–water partition coefficient (Wildman–Crippen LogP) is 3.33. The van der Waals surface area contributed by atoms with E-state index in [0.717, 1.165) is 38.9 Å². The second kappa shape index (κ2) is 11.2. The van der Waals surface area contributed by atoms with E-state index in [1.807, 2.05) is 20.8 Å². The van der Waals surface area contributed by atoms with Gasteiger partial charge in [-0.3, -0.25) is 0 Å². The standard InChI is InChI=1S/C15H30O4/c1-5-6-10-17-11-8-7-9-12-18-13-14(16)19-15(2,3)4/h5-13H2,1-4H3. The first-order valence-corrected chi connectivity index (χ1v) is 7.33. The first-order chi connectivity index (χ1) is 8.95. The molecule has 0 spiro atoms. The molecule has 4 nitrogen and oxygen atoms in total. The highest BCUT2D eigenvalue weighted by molar-refractivity contribution is 5.71. The Kier molecular flexibility index (Phi) is 10.9. The smallest absolute Gasteiger partial charge is 0.332 e. The number of carbonyl (C=O) groups is 1. The van der Waals surface area contributed by atoms with Crippen molar-refractivity contribution in [1.82, 2.24) is 0 Å². The summed E-state index contributed by atoms with van der Waals surface area (Å²) in [4.78, 5) is 11.3. The van der Waals surface area contributed by atoms with Gasteiger partial charge in [-0.25, -0.2) is 4.79 Å². The molecule has 0 aliphatic rings. The van der Waals surface area contributed by atoms with Gasteiger partial charge >= 0.3 is 5.97 Å². The van der Waals surface area contributed by atoms with Crippen molar-refractivity contribution in [2.45, 2.75) is 65.4 Å². The normalized spacial score (nSPS) is 11.6. The zero-order valence-electron chi connectivity index (χ0n) is 13.0. The van der Waals surface area contributed by atoms with Crippen molar-refractivity contribution in [3.05, 3.63) is 0 Å². The molecule has 114 valence electrons. The minimum Gasteiger partial charge on any atom is -0.458 e. The maximum atomic E-state index is 11.3. The molecule has 0 aliphatic heterocycles. The largest absolute Gasteiger partial charge is 0.458 e. The quantitative estimate of drug-likeness (QED) is 0.428. The van der Waals surface area contributed by atoms with Crippen LogP contribution in [0.4, 0.5) is 0 Å². The minimum absolute atomic E-state index is 0.0459. The number of hydrogen-bond acceptors (Lipinski definition) is 4. The SMILES string of the molecule is CCCCOCCCCCOCC(=O)OC(C)(C)C. The van der Waals surface area contributed by atoms with Crippen molar-refractivity contribution < 1.29 is 19.0 Å². The van der Waals surface area contributed by atoms with E-state index in [9.17, 15) is 4.79 Å². The monoisotopic (exact) mass is 274 g/mol. The van der Waals surface area contributed by atoms with Crippen LogP contribution in [-0.2, 0) is 19.0 Å². The Balaban J connectivity index is 3.21. The van der Waals surface area contributed by atoms with E-state index in [-0.39, 0.29) is 12.6 Å². The van der Waals surface area contributed by atoms with E-state index in [1.54, 1.807) is 0 Å². The molecule has 0 aromatic heterocycles. The summed E-state index contributed by atoms with van der Waals surface area (Å²) in [5, 5.41) is 0. The van der Waals surface area contributed by atoms with E-state index in [2.05, 4.69) is 6.92 Å². The summed E-state index contributed by atoms with van der Waals surface area (Å²) in [6, 6.07) is 0. The first kappa shape index (κ1) is 18.4. The molecule has 0 aliphatic carbocycles. The molecule has 0 atom stereocenters. The summed E-state index contributed by atoms with van der Waals surface area (Å²) in [5.74, 6) is -0.296. The lowest BCUT2D eigenvalue weighted by molar-refractivity contribution is -0.160. The molecule has 0 radical (unpaired) electrons. The molecular weight excluding hydrogens is 244 g/mol. The molecule has 0 aromatic rings. The van der Waals surface area contributed by atoms with Crippen molar-refractivity contribution in [1.29, 1.82) is 0 Å². The Morgan fingerprint density at radius 1 is 0.895 bits per heavy atom. The van der Waals surface area contributed by atoms with Crippen LogP contribution in [-0.4, -0.2) is 38.0 Å². The third kappa shape index (κ3) is 15.3. The van der Waals surface area contributed by atoms with Gasteiger partial charge in [-0.2, -0.15) is 0 Å². The number of hydrogen-bond donors (Lipinski definition) is 0. The highest BCUT2D eigenvalue weighted by atomic mass is 16.6. The average Bonchev–Trinajstić information content (AvgIpc) is 2.29. The molecule has 19 heavy (non-hydrogen) atoms. The summed E-state index contributed by atoms with van der Waals surface area (Å²) in [6.45, 7) is 10.1. The minimum atomic E-state index is -0.434. The Morgan fingerprint density at radius 2 is 1.47 bits per heavy atom. The van der Waals surface area contributed by atoms with Gasteiger partial charge in [0.25, 0.3) is 0 Å². The summed E-state index contributed by atoms with van der Waals surface area (Å²) in [7, 11) is 0. The lowest BCUT2D eigenvalue weighted by Gasteiger charge is -2.19. The lowest BCUT2D eigenvalue weighted by atomic mass is 10.2. The van der Waals surface area contributed by atoms with E-state index in [4.69, 9.17) is 14.2 Å². The highest BCUT2D eigenvalue weighted by Crippen LogP contribution is 2.07. The van der Waals surface area contributed by atoms with Crippen molar-refractivity contribution >= 4 is 5.97 Å². The van der Waals surface area contributed by atoms with Crippen molar-refractivity contribution in [2.24, 2.45) is 0 Å². The predicted molar refractivity (Wildman–Crippen MR) is 76.2 cm³/mol. The number of carbonyl (C=O) groups excluding carboxylic acids is 1. The van der Waals surface area contributed by atoms with E-state index in [0.29, 0.717) is 6.61 Å². The van der Waals surface area contributed by atoms with Crippen LogP contribution < -0.4 is 0 Å². The van der Waals surface area contributed by atoms with Crippen LogP contribution in [0.5, 0.6) is 0 Å². The van der Waals surface area contributed by atoms with Gasteiger partial charge in [-0.05, 0) is 46.5 Å². The van der Waals surface area contributed by atoms with Gasteiger partial charge in [0.15, 0.2) is 0 Å². The van der Waals surface area contributed by atoms with E-state index < -0.39 is 5.60 Å². The third-order valence-corrected chi connectivity index (χ3v) is 2.36. The van der Waals surface area contributed by atoms with Crippen LogP contribution in [0.1, 0.15) is 59.8 Å². The zero-order valence-corrected chi connectivity index (χ0v) is 13.0. The number of ether oxygens (including phenoxy) is 3. The van der Waals surface area contributed by atoms with Crippen LogP contribution in [0, 0.1) is 0 Å². The van der Waals surface area contributed by atoms with Gasteiger partial charge < -0.3 is 14.2 Å². The average molecular weight is 274 g/mol. The molecule has 0 rings (SSSR count). The fourth-order valence-electron chi connectivity index (χ4n) is 1.46. The molecular formula is C15H30O4. The van der Waals surface area contributed by atoms with Crippen molar-refractivity contribution in [3.8, 4) is 0 Å². The zero-order chi connectivity index (χ0) is 14.6. The Labute approximate surface area is 117 Å². The van der Waals surface area contributed by atoms with Gasteiger partial charge in [0.1, 0.15) is 12.2 Å². The highest BCUT2D eigenvalue weighted by Gasteiger charge is 2.15. The second-order valence-corrected chi connectivity index (χ2v) is 5.67.